The van der Waals surface area contributed by atoms with E-state index in [9.17, 15) is 14.4 Å². The summed E-state index contributed by atoms with van der Waals surface area (Å²) in [5, 5.41) is 0.904. The van der Waals surface area contributed by atoms with E-state index in [0.29, 0.717) is 18.0 Å². The number of rotatable bonds is 3. The van der Waals surface area contributed by atoms with Crippen LogP contribution in [0.3, 0.4) is 0 Å². The molecule has 2 aromatic rings. The first-order chi connectivity index (χ1) is 12.3. The summed E-state index contributed by atoms with van der Waals surface area (Å²) in [5.74, 6) is -0.420. The van der Waals surface area contributed by atoms with Crippen LogP contribution in [-0.4, -0.2) is 65.3 Å². The number of aryl methyl sites for hydroxylation is 1. The number of amides is 3. The molecule has 3 N–H and O–H groups in total. The van der Waals surface area contributed by atoms with Gasteiger partial charge < -0.3 is 25.3 Å². The van der Waals surface area contributed by atoms with Crippen molar-refractivity contribution in [3.8, 4) is 5.75 Å². The number of nitrogens with one attached hydrogen (secondary N) is 1. The molecule has 3 amide bonds. The van der Waals surface area contributed by atoms with Gasteiger partial charge in [0, 0.05) is 25.4 Å². The highest BCUT2D eigenvalue weighted by molar-refractivity contribution is 6.02. The lowest BCUT2D eigenvalue weighted by molar-refractivity contribution is -0.140. The molecule has 8 nitrogen and oxygen atoms in total. The van der Waals surface area contributed by atoms with Gasteiger partial charge in [-0.1, -0.05) is 12.1 Å². The first kappa shape index (κ1) is 17.8. The minimum atomic E-state index is -0.815. The number of carbonyl (C=O) groups excluding carboxylic acids is 3. The molecule has 0 radical (unpaired) electrons. The molecule has 138 valence electrons. The van der Waals surface area contributed by atoms with E-state index in [0.717, 1.165) is 16.5 Å². The van der Waals surface area contributed by atoms with Crippen LogP contribution in [0, 0.1) is 6.92 Å². The minimum Gasteiger partial charge on any atom is -0.495 e. The van der Waals surface area contributed by atoms with Crippen molar-refractivity contribution in [2.24, 2.45) is 5.73 Å². The van der Waals surface area contributed by atoms with E-state index in [1.165, 1.54) is 11.8 Å². The largest absolute Gasteiger partial charge is 0.495 e. The number of nitrogens with two attached hydrogens (primary N) is 1. The number of benzene rings is 1. The van der Waals surface area contributed by atoms with Crippen molar-refractivity contribution >= 4 is 28.6 Å². The maximum Gasteiger partial charge on any atom is 0.270 e. The van der Waals surface area contributed by atoms with E-state index in [1.807, 2.05) is 25.1 Å². The summed E-state index contributed by atoms with van der Waals surface area (Å²) in [6, 6.07) is 4.79. The molecule has 0 aliphatic carbocycles. The number of aromatic nitrogens is 1. The van der Waals surface area contributed by atoms with E-state index in [1.54, 1.807) is 12.0 Å². The van der Waals surface area contributed by atoms with Crippen molar-refractivity contribution in [2.45, 2.75) is 19.9 Å². The van der Waals surface area contributed by atoms with Crippen LogP contribution in [0.4, 0.5) is 0 Å². The topological polar surface area (TPSA) is 109 Å². The number of piperazine rings is 1. The summed E-state index contributed by atoms with van der Waals surface area (Å²) in [4.78, 5) is 42.6. The average molecular weight is 358 g/mol. The molecule has 1 aromatic heterocycles. The zero-order chi connectivity index (χ0) is 19.0. The molecular formula is C18H22N4O4. The molecule has 1 saturated heterocycles. The van der Waals surface area contributed by atoms with Crippen LogP contribution in [0.1, 0.15) is 23.0 Å². The number of fused-ring (bicyclic) bond motifs is 1. The summed E-state index contributed by atoms with van der Waals surface area (Å²) < 4.78 is 5.35. The lowest BCUT2D eigenvalue weighted by Gasteiger charge is -2.39. The third kappa shape index (κ3) is 2.87. The van der Waals surface area contributed by atoms with Crippen LogP contribution in [-0.2, 0) is 9.59 Å². The van der Waals surface area contributed by atoms with E-state index in [4.69, 9.17) is 10.5 Å². The smallest absolute Gasteiger partial charge is 0.270 e. The third-order valence-electron chi connectivity index (χ3n) is 4.89. The quantitative estimate of drug-likeness (QED) is 0.839. The summed E-state index contributed by atoms with van der Waals surface area (Å²) in [5.41, 5.74) is 7.45. The second kappa shape index (κ2) is 6.70. The zero-order valence-electron chi connectivity index (χ0n) is 15.0. The predicted octanol–water partition coefficient (Wildman–Crippen LogP) is 0.643. The van der Waals surface area contributed by atoms with E-state index in [-0.39, 0.29) is 24.9 Å². The Morgan fingerprint density at radius 3 is 2.62 bits per heavy atom. The third-order valence-corrected chi connectivity index (χ3v) is 4.89. The molecule has 0 saturated carbocycles. The summed E-state index contributed by atoms with van der Waals surface area (Å²) in [7, 11) is 1.57. The number of para-hydroxylation sites is 1. The van der Waals surface area contributed by atoms with E-state index in [2.05, 4.69) is 4.98 Å². The van der Waals surface area contributed by atoms with Crippen LogP contribution in [0.2, 0.25) is 0 Å². The van der Waals surface area contributed by atoms with Crippen molar-refractivity contribution in [1.29, 1.82) is 0 Å². The number of nitrogens with zero attached hydrogens (tertiary/aromatic N) is 2. The van der Waals surface area contributed by atoms with Gasteiger partial charge in [0.05, 0.1) is 19.2 Å². The summed E-state index contributed by atoms with van der Waals surface area (Å²) >= 11 is 0. The Hall–Kier alpha value is -3.03. The second-order valence-corrected chi connectivity index (χ2v) is 6.39. The zero-order valence-corrected chi connectivity index (χ0v) is 15.0. The van der Waals surface area contributed by atoms with Gasteiger partial charge in [-0.25, -0.2) is 0 Å². The van der Waals surface area contributed by atoms with Crippen molar-refractivity contribution in [1.82, 2.24) is 14.8 Å². The lowest BCUT2D eigenvalue weighted by Crippen LogP contribution is -2.60. The predicted molar refractivity (Wildman–Crippen MR) is 95.9 cm³/mol. The van der Waals surface area contributed by atoms with Gasteiger partial charge >= 0.3 is 0 Å². The van der Waals surface area contributed by atoms with Crippen LogP contribution in [0.25, 0.3) is 10.9 Å². The molecule has 1 aliphatic heterocycles. The Balaban J connectivity index is 1.93. The van der Waals surface area contributed by atoms with Crippen LogP contribution < -0.4 is 10.5 Å². The van der Waals surface area contributed by atoms with Crippen molar-refractivity contribution in [3.63, 3.8) is 0 Å². The number of hydrogen-bond donors (Lipinski definition) is 2. The Morgan fingerprint density at radius 2 is 2.00 bits per heavy atom. The van der Waals surface area contributed by atoms with Gasteiger partial charge in [0.25, 0.3) is 5.91 Å². The monoisotopic (exact) mass is 358 g/mol. The minimum absolute atomic E-state index is 0.0830. The van der Waals surface area contributed by atoms with Gasteiger partial charge in [-0.3, -0.25) is 14.4 Å². The Kier molecular flexibility index (Phi) is 4.58. The molecule has 0 spiro atoms. The van der Waals surface area contributed by atoms with Gasteiger partial charge in [-0.2, -0.15) is 0 Å². The van der Waals surface area contributed by atoms with Gasteiger partial charge in [0.1, 0.15) is 17.5 Å². The summed E-state index contributed by atoms with van der Waals surface area (Å²) in [6.45, 7) is 3.95. The molecular weight excluding hydrogens is 336 g/mol. The fourth-order valence-electron chi connectivity index (χ4n) is 3.46. The lowest BCUT2D eigenvalue weighted by atomic mass is 10.1. The Bertz CT molecular complexity index is 889. The number of hydrogen-bond acceptors (Lipinski definition) is 4. The van der Waals surface area contributed by atoms with Gasteiger partial charge in [-0.05, 0) is 18.6 Å². The van der Waals surface area contributed by atoms with Crippen molar-refractivity contribution in [2.75, 3.05) is 26.7 Å². The molecule has 1 atom stereocenters. The van der Waals surface area contributed by atoms with Crippen molar-refractivity contribution < 1.29 is 19.1 Å². The average Bonchev–Trinajstić information content (AvgIpc) is 2.97. The van der Waals surface area contributed by atoms with Gasteiger partial charge in [0.15, 0.2) is 0 Å². The number of carbonyl (C=O) groups is 3. The molecule has 8 heteroatoms. The SMILES string of the molecule is COc1cccc2c(C)c(C(=O)N3CCN(C(C)=O)[C@@H](C(N)=O)C3)[nH]c12. The molecule has 3 rings (SSSR count). The fraction of sp³-hybridized carbons (Fsp3) is 0.389. The molecule has 0 unspecified atom stereocenters. The second-order valence-electron chi connectivity index (χ2n) is 6.39. The number of primary amides is 1. The number of aromatic amines is 1. The van der Waals surface area contributed by atoms with Crippen LogP contribution >= 0.6 is 0 Å². The van der Waals surface area contributed by atoms with E-state index < -0.39 is 11.9 Å². The van der Waals surface area contributed by atoms with Crippen LogP contribution in [0.5, 0.6) is 5.75 Å². The highest BCUT2D eigenvalue weighted by Gasteiger charge is 2.35. The van der Waals surface area contributed by atoms with Crippen molar-refractivity contribution in [3.05, 3.63) is 29.5 Å². The normalized spacial score (nSPS) is 17.4. The Labute approximate surface area is 150 Å². The highest BCUT2D eigenvalue weighted by atomic mass is 16.5. The molecule has 26 heavy (non-hydrogen) atoms. The molecule has 2 heterocycles. The number of ether oxygens (including phenoxy) is 1. The first-order valence-electron chi connectivity index (χ1n) is 8.36. The fourth-order valence-corrected chi connectivity index (χ4v) is 3.46. The molecule has 0 bridgehead atoms. The first-order valence-corrected chi connectivity index (χ1v) is 8.36. The van der Waals surface area contributed by atoms with E-state index >= 15 is 0 Å². The molecule has 1 aromatic carbocycles. The van der Waals surface area contributed by atoms with Crippen LogP contribution in [0.15, 0.2) is 18.2 Å². The summed E-state index contributed by atoms with van der Waals surface area (Å²) in [6.07, 6.45) is 0. The molecule has 1 aliphatic rings. The number of methoxy groups -OCH3 is 1. The standard InChI is InChI=1S/C18H22N4O4/c1-10-12-5-4-6-14(26-3)16(12)20-15(10)18(25)21-7-8-22(11(2)23)13(9-21)17(19)24/h4-6,13,20H,7-9H2,1-3H3,(H2,19,24)/t13-/m1/s1. The Morgan fingerprint density at radius 1 is 1.27 bits per heavy atom. The maximum absolute atomic E-state index is 13.0. The van der Waals surface area contributed by atoms with Gasteiger partial charge in [-0.15, -0.1) is 0 Å². The number of H-pyrrole nitrogens is 1. The maximum atomic E-state index is 13.0. The highest BCUT2D eigenvalue weighted by Crippen LogP contribution is 2.30. The van der Waals surface area contributed by atoms with Gasteiger partial charge in [0.2, 0.25) is 11.8 Å². The molecule has 1 fully saturated rings.